The molecule has 0 aliphatic heterocycles. The van der Waals surface area contributed by atoms with Gasteiger partial charge in [-0.1, -0.05) is 17.3 Å². The molecule has 0 saturated heterocycles. The summed E-state index contributed by atoms with van der Waals surface area (Å²) in [6.45, 7) is 2.44. The van der Waals surface area contributed by atoms with Gasteiger partial charge >= 0.3 is 0 Å². The number of nitrogens with one attached hydrogen (secondary N) is 1. The van der Waals surface area contributed by atoms with Gasteiger partial charge in [0.2, 0.25) is 0 Å². The average Bonchev–Trinajstić information content (AvgIpc) is 2.88. The van der Waals surface area contributed by atoms with Crippen molar-refractivity contribution >= 4 is 5.91 Å². The molecule has 2 rings (SSSR count). The molecule has 1 aromatic heterocycles. The maximum atomic E-state index is 11.3. The molecular weight excluding hydrogens is 234 g/mol. The predicted molar refractivity (Wildman–Crippen MR) is 64.8 cm³/mol. The molecule has 0 bridgehead atoms. The summed E-state index contributed by atoms with van der Waals surface area (Å²) in [4.78, 5) is 11.3. The van der Waals surface area contributed by atoms with E-state index in [1.807, 2.05) is 36.6 Å². The molecule has 0 saturated carbocycles. The summed E-state index contributed by atoms with van der Waals surface area (Å²) in [5.74, 6) is 5.66. The number of carbonyl (C=O) groups is 1. The van der Waals surface area contributed by atoms with Crippen molar-refractivity contribution in [3.05, 3.63) is 36.0 Å². The van der Waals surface area contributed by atoms with E-state index in [0.29, 0.717) is 18.1 Å². The Morgan fingerprint density at radius 3 is 3.00 bits per heavy atom. The normalized spacial score (nSPS) is 10.1. The third kappa shape index (κ3) is 2.33. The number of nitrogens with two attached hydrogens (primary N) is 1. The number of hydrazine groups is 1. The van der Waals surface area contributed by atoms with Gasteiger partial charge in [-0.25, -0.2) is 5.84 Å². The Morgan fingerprint density at radius 1 is 1.50 bits per heavy atom. The Kier molecular flexibility index (Phi) is 3.59. The van der Waals surface area contributed by atoms with Gasteiger partial charge in [-0.15, -0.1) is 0 Å². The van der Waals surface area contributed by atoms with Crippen molar-refractivity contribution in [1.29, 1.82) is 0 Å². The number of benzene rings is 1. The molecule has 3 N–H and O–H groups in total. The number of aromatic nitrogens is 1. The van der Waals surface area contributed by atoms with Crippen LogP contribution in [0.1, 0.15) is 17.4 Å². The van der Waals surface area contributed by atoms with E-state index in [1.165, 1.54) is 6.07 Å². The van der Waals surface area contributed by atoms with Crippen LogP contribution in [0.15, 0.2) is 34.9 Å². The Balaban J connectivity index is 2.36. The van der Waals surface area contributed by atoms with Gasteiger partial charge in [0.1, 0.15) is 5.75 Å². The summed E-state index contributed by atoms with van der Waals surface area (Å²) in [6, 6.07) is 8.88. The van der Waals surface area contributed by atoms with Gasteiger partial charge in [0.25, 0.3) is 5.91 Å². The highest BCUT2D eigenvalue weighted by molar-refractivity contribution is 5.92. The quantitative estimate of drug-likeness (QED) is 0.483. The SMILES string of the molecule is CCOc1ccccc1-c1cc(C(=O)NN)no1. The molecule has 1 aromatic carbocycles. The standard InChI is InChI=1S/C12H13N3O3/c1-2-17-10-6-4-3-5-8(10)11-7-9(15-18-11)12(16)14-13/h3-7H,2,13H2,1H3,(H,14,16). The van der Waals surface area contributed by atoms with E-state index in [-0.39, 0.29) is 5.69 Å². The molecule has 0 atom stereocenters. The van der Waals surface area contributed by atoms with Crippen LogP contribution in [0.3, 0.4) is 0 Å². The molecule has 0 aliphatic carbocycles. The first-order chi connectivity index (χ1) is 8.76. The number of hydrogen-bond acceptors (Lipinski definition) is 5. The maximum absolute atomic E-state index is 11.3. The Labute approximate surface area is 104 Å². The lowest BCUT2D eigenvalue weighted by Crippen LogP contribution is -2.30. The third-order valence-corrected chi connectivity index (χ3v) is 2.33. The highest BCUT2D eigenvalue weighted by Gasteiger charge is 2.15. The van der Waals surface area contributed by atoms with Crippen molar-refractivity contribution < 1.29 is 14.1 Å². The zero-order valence-electron chi connectivity index (χ0n) is 9.84. The third-order valence-electron chi connectivity index (χ3n) is 2.33. The van der Waals surface area contributed by atoms with Gasteiger partial charge in [0.15, 0.2) is 11.5 Å². The largest absolute Gasteiger partial charge is 0.493 e. The minimum absolute atomic E-state index is 0.124. The molecule has 0 spiro atoms. The molecule has 0 unspecified atom stereocenters. The second kappa shape index (κ2) is 5.33. The fraction of sp³-hybridized carbons (Fsp3) is 0.167. The molecule has 0 fully saturated rings. The van der Waals surface area contributed by atoms with Crippen LogP contribution in [0.2, 0.25) is 0 Å². The van der Waals surface area contributed by atoms with Gasteiger partial charge in [0.05, 0.1) is 12.2 Å². The van der Waals surface area contributed by atoms with Crippen LogP contribution in [0.5, 0.6) is 5.75 Å². The second-order valence-corrected chi connectivity index (χ2v) is 3.48. The molecule has 94 valence electrons. The minimum Gasteiger partial charge on any atom is -0.493 e. The van der Waals surface area contributed by atoms with Crippen LogP contribution in [-0.4, -0.2) is 17.7 Å². The lowest BCUT2D eigenvalue weighted by atomic mass is 10.1. The zero-order chi connectivity index (χ0) is 13.0. The zero-order valence-corrected chi connectivity index (χ0v) is 9.84. The topological polar surface area (TPSA) is 90.4 Å². The first-order valence-corrected chi connectivity index (χ1v) is 5.46. The Hall–Kier alpha value is -2.34. The van der Waals surface area contributed by atoms with Gasteiger partial charge in [0, 0.05) is 6.07 Å². The van der Waals surface area contributed by atoms with Crippen molar-refractivity contribution in [2.24, 2.45) is 5.84 Å². The van der Waals surface area contributed by atoms with E-state index >= 15 is 0 Å². The molecule has 0 radical (unpaired) electrons. The predicted octanol–water partition coefficient (Wildman–Crippen LogP) is 1.34. The number of para-hydroxylation sites is 1. The van der Waals surface area contributed by atoms with Gasteiger partial charge in [-0.2, -0.15) is 0 Å². The maximum Gasteiger partial charge on any atom is 0.287 e. The van der Waals surface area contributed by atoms with Gasteiger partial charge in [-0.05, 0) is 19.1 Å². The van der Waals surface area contributed by atoms with Crippen LogP contribution < -0.4 is 16.0 Å². The van der Waals surface area contributed by atoms with E-state index in [1.54, 1.807) is 0 Å². The number of amides is 1. The Bertz CT molecular complexity index is 551. The van der Waals surface area contributed by atoms with Crippen LogP contribution >= 0.6 is 0 Å². The summed E-state index contributed by atoms with van der Waals surface area (Å²) in [7, 11) is 0. The van der Waals surface area contributed by atoms with Crippen LogP contribution in [0.4, 0.5) is 0 Å². The molecule has 6 nitrogen and oxygen atoms in total. The van der Waals surface area contributed by atoms with Crippen molar-refractivity contribution in [2.45, 2.75) is 6.92 Å². The van der Waals surface area contributed by atoms with E-state index < -0.39 is 5.91 Å². The number of nitrogen functional groups attached to an aromatic ring is 1. The minimum atomic E-state index is -0.501. The van der Waals surface area contributed by atoms with Gasteiger partial charge < -0.3 is 9.26 Å². The van der Waals surface area contributed by atoms with E-state index in [0.717, 1.165) is 5.56 Å². The molecular formula is C12H13N3O3. The first-order valence-electron chi connectivity index (χ1n) is 5.46. The monoisotopic (exact) mass is 247 g/mol. The van der Waals surface area contributed by atoms with Gasteiger partial charge in [-0.3, -0.25) is 10.2 Å². The van der Waals surface area contributed by atoms with Crippen LogP contribution in [0.25, 0.3) is 11.3 Å². The number of hydrogen-bond donors (Lipinski definition) is 2. The molecule has 18 heavy (non-hydrogen) atoms. The molecule has 6 heteroatoms. The summed E-state index contributed by atoms with van der Waals surface area (Å²) in [6.07, 6.45) is 0. The molecule has 1 amide bonds. The Morgan fingerprint density at radius 2 is 2.28 bits per heavy atom. The molecule has 0 aliphatic rings. The van der Waals surface area contributed by atoms with Crippen molar-refractivity contribution in [3.8, 4) is 17.1 Å². The molecule has 2 aromatic rings. The summed E-state index contributed by atoms with van der Waals surface area (Å²) >= 11 is 0. The second-order valence-electron chi connectivity index (χ2n) is 3.48. The summed E-state index contributed by atoms with van der Waals surface area (Å²) < 4.78 is 10.6. The average molecular weight is 247 g/mol. The fourth-order valence-corrected chi connectivity index (χ4v) is 1.53. The van der Waals surface area contributed by atoms with Crippen LogP contribution in [0, 0.1) is 0 Å². The summed E-state index contributed by atoms with van der Waals surface area (Å²) in [5, 5.41) is 3.64. The number of nitrogens with zero attached hydrogens (tertiary/aromatic N) is 1. The first kappa shape index (κ1) is 12.1. The number of rotatable bonds is 4. The van der Waals surface area contributed by atoms with Crippen molar-refractivity contribution in [1.82, 2.24) is 10.6 Å². The van der Waals surface area contributed by atoms with Crippen molar-refractivity contribution in [2.75, 3.05) is 6.61 Å². The van der Waals surface area contributed by atoms with Crippen molar-refractivity contribution in [3.63, 3.8) is 0 Å². The van der Waals surface area contributed by atoms with Crippen LogP contribution in [-0.2, 0) is 0 Å². The number of carbonyl (C=O) groups excluding carboxylic acids is 1. The number of ether oxygens (including phenoxy) is 1. The summed E-state index contributed by atoms with van der Waals surface area (Å²) in [5.41, 5.74) is 2.86. The molecule has 1 heterocycles. The van der Waals surface area contributed by atoms with E-state index in [9.17, 15) is 4.79 Å². The lowest BCUT2D eigenvalue weighted by Gasteiger charge is -2.06. The van der Waals surface area contributed by atoms with E-state index in [2.05, 4.69) is 5.16 Å². The van der Waals surface area contributed by atoms with E-state index in [4.69, 9.17) is 15.1 Å². The fourth-order valence-electron chi connectivity index (χ4n) is 1.53. The lowest BCUT2D eigenvalue weighted by molar-refractivity contribution is 0.0944. The smallest absolute Gasteiger partial charge is 0.287 e. The highest BCUT2D eigenvalue weighted by atomic mass is 16.5. The highest BCUT2D eigenvalue weighted by Crippen LogP contribution is 2.30.